The highest BCUT2D eigenvalue weighted by atomic mass is 79.9. The molecule has 0 saturated carbocycles. The monoisotopic (exact) mass is 366 g/mol. The van der Waals surface area contributed by atoms with Gasteiger partial charge in [0.05, 0.1) is 6.54 Å². The Balaban J connectivity index is 1.93. The molecule has 0 unspecified atom stereocenters. The maximum Gasteiger partial charge on any atom is 0.225 e. The zero-order valence-electron chi connectivity index (χ0n) is 11.5. The van der Waals surface area contributed by atoms with Gasteiger partial charge in [-0.1, -0.05) is 35.0 Å². The fourth-order valence-corrected chi connectivity index (χ4v) is 2.12. The Morgan fingerprint density at radius 2 is 1.95 bits per heavy atom. The number of nitrogens with one attached hydrogen (secondary N) is 2. The summed E-state index contributed by atoms with van der Waals surface area (Å²) in [6.45, 7) is 2.20. The van der Waals surface area contributed by atoms with Crippen molar-refractivity contribution in [1.82, 2.24) is 10.6 Å². The number of hydrogen-bond donors (Lipinski definition) is 2. The van der Waals surface area contributed by atoms with Gasteiger partial charge < -0.3 is 15.1 Å². The molecule has 0 bridgehead atoms. The minimum Gasteiger partial charge on any atom is -0.459 e. The minimum absolute atomic E-state index is 0.109. The van der Waals surface area contributed by atoms with E-state index >= 15 is 0 Å². The van der Waals surface area contributed by atoms with Crippen LogP contribution in [0.15, 0.2) is 45.3 Å². The van der Waals surface area contributed by atoms with Crippen LogP contribution in [0.2, 0.25) is 0 Å². The van der Waals surface area contributed by atoms with Crippen LogP contribution in [-0.2, 0) is 11.3 Å². The summed E-state index contributed by atoms with van der Waals surface area (Å²) in [5.41, 5.74) is 1.01. The predicted molar refractivity (Wildman–Crippen MR) is 89.7 cm³/mol. The molecule has 1 amide bonds. The van der Waals surface area contributed by atoms with Gasteiger partial charge in [-0.3, -0.25) is 4.79 Å². The van der Waals surface area contributed by atoms with Crippen molar-refractivity contribution in [2.75, 3.05) is 0 Å². The third-order valence-corrected chi connectivity index (χ3v) is 3.56. The van der Waals surface area contributed by atoms with E-state index in [4.69, 9.17) is 16.6 Å². The molecule has 2 aromatic rings. The summed E-state index contributed by atoms with van der Waals surface area (Å²) < 4.78 is 6.77. The normalized spacial score (nSPS) is 10.2. The molecule has 0 aliphatic heterocycles. The van der Waals surface area contributed by atoms with E-state index in [1.807, 2.05) is 36.4 Å². The second-order valence-corrected chi connectivity index (χ2v) is 5.68. The Labute approximate surface area is 137 Å². The first kappa shape index (κ1) is 15.7. The number of halogens is 1. The van der Waals surface area contributed by atoms with Gasteiger partial charge in [0.1, 0.15) is 11.5 Å². The standard InChI is InChI=1S/C15H15BrN2O2S/c1-2-14(19)18-15(21)17-9-12-7-8-13(20-12)10-3-5-11(16)6-4-10/h3-8H,2,9H2,1H3,(H2,17,18,19,21). The third kappa shape index (κ3) is 4.68. The van der Waals surface area contributed by atoms with E-state index in [1.54, 1.807) is 6.92 Å². The van der Waals surface area contributed by atoms with Crippen LogP contribution in [0.5, 0.6) is 0 Å². The number of furan rings is 1. The predicted octanol–water partition coefficient (Wildman–Crippen LogP) is 3.61. The van der Waals surface area contributed by atoms with Gasteiger partial charge in [-0.2, -0.15) is 0 Å². The number of amides is 1. The summed E-state index contributed by atoms with van der Waals surface area (Å²) in [7, 11) is 0. The lowest BCUT2D eigenvalue weighted by atomic mass is 10.2. The molecule has 0 aliphatic rings. The van der Waals surface area contributed by atoms with Crippen molar-refractivity contribution < 1.29 is 9.21 Å². The van der Waals surface area contributed by atoms with Gasteiger partial charge in [0, 0.05) is 16.5 Å². The largest absolute Gasteiger partial charge is 0.459 e. The molecule has 0 spiro atoms. The Morgan fingerprint density at radius 1 is 1.24 bits per heavy atom. The number of hydrogen-bond acceptors (Lipinski definition) is 3. The molecular formula is C15H15BrN2O2S. The first-order valence-electron chi connectivity index (χ1n) is 6.51. The van der Waals surface area contributed by atoms with Crippen LogP contribution in [0.25, 0.3) is 11.3 Å². The van der Waals surface area contributed by atoms with Crippen LogP contribution in [0.3, 0.4) is 0 Å². The molecule has 110 valence electrons. The van der Waals surface area contributed by atoms with Crippen LogP contribution < -0.4 is 10.6 Å². The van der Waals surface area contributed by atoms with Crippen LogP contribution >= 0.6 is 28.1 Å². The molecule has 0 saturated heterocycles. The zero-order chi connectivity index (χ0) is 15.2. The van der Waals surface area contributed by atoms with E-state index in [1.165, 1.54) is 0 Å². The number of carbonyl (C=O) groups is 1. The highest BCUT2D eigenvalue weighted by Crippen LogP contribution is 2.23. The van der Waals surface area contributed by atoms with E-state index in [-0.39, 0.29) is 5.91 Å². The third-order valence-electron chi connectivity index (χ3n) is 2.79. The van der Waals surface area contributed by atoms with Crippen molar-refractivity contribution in [2.24, 2.45) is 0 Å². The number of benzene rings is 1. The van der Waals surface area contributed by atoms with Crippen LogP contribution in [0, 0.1) is 0 Å². The highest BCUT2D eigenvalue weighted by molar-refractivity contribution is 9.10. The average molecular weight is 367 g/mol. The van der Waals surface area contributed by atoms with Crippen molar-refractivity contribution >= 4 is 39.2 Å². The van der Waals surface area contributed by atoms with Crippen molar-refractivity contribution in [3.8, 4) is 11.3 Å². The molecule has 0 radical (unpaired) electrons. The molecule has 0 aliphatic carbocycles. The van der Waals surface area contributed by atoms with Crippen LogP contribution in [0.4, 0.5) is 0 Å². The van der Waals surface area contributed by atoms with Crippen LogP contribution in [-0.4, -0.2) is 11.0 Å². The van der Waals surface area contributed by atoms with Gasteiger partial charge in [0.15, 0.2) is 5.11 Å². The molecule has 1 aromatic carbocycles. The van der Waals surface area contributed by atoms with E-state index in [2.05, 4.69) is 26.6 Å². The van der Waals surface area contributed by atoms with E-state index in [9.17, 15) is 4.79 Å². The molecule has 4 nitrogen and oxygen atoms in total. The average Bonchev–Trinajstić information content (AvgIpc) is 2.94. The highest BCUT2D eigenvalue weighted by Gasteiger charge is 2.06. The van der Waals surface area contributed by atoms with Gasteiger partial charge in [0.25, 0.3) is 0 Å². The lowest BCUT2D eigenvalue weighted by Crippen LogP contribution is -2.38. The van der Waals surface area contributed by atoms with Crippen molar-refractivity contribution in [2.45, 2.75) is 19.9 Å². The Morgan fingerprint density at radius 3 is 2.62 bits per heavy atom. The van der Waals surface area contributed by atoms with Crippen molar-refractivity contribution in [3.05, 3.63) is 46.6 Å². The van der Waals surface area contributed by atoms with E-state index in [0.717, 1.165) is 21.6 Å². The summed E-state index contributed by atoms with van der Waals surface area (Å²) in [6, 6.07) is 11.7. The Bertz CT molecular complexity index is 637. The molecule has 0 atom stereocenters. The SMILES string of the molecule is CCC(=O)NC(=S)NCc1ccc(-c2ccc(Br)cc2)o1. The molecule has 0 fully saturated rings. The molecule has 1 heterocycles. The second kappa shape index (κ2) is 7.38. The molecule has 2 rings (SSSR count). The van der Waals surface area contributed by atoms with Gasteiger partial charge >= 0.3 is 0 Å². The maximum atomic E-state index is 11.2. The molecule has 2 N–H and O–H groups in total. The Hall–Kier alpha value is -1.66. The molecule has 1 aromatic heterocycles. The summed E-state index contributed by atoms with van der Waals surface area (Å²) in [6.07, 6.45) is 0.399. The quantitative estimate of drug-likeness (QED) is 0.811. The molecule has 21 heavy (non-hydrogen) atoms. The summed E-state index contributed by atoms with van der Waals surface area (Å²) in [5.74, 6) is 1.44. The first-order chi connectivity index (χ1) is 10.1. The Kier molecular flexibility index (Phi) is 5.52. The summed E-state index contributed by atoms with van der Waals surface area (Å²) in [5, 5.41) is 5.82. The van der Waals surface area contributed by atoms with Gasteiger partial charge in [-0.05, 0) is 36.5 Å². The second-order valence-electron chi connectivity index (χ2n) is 4.36. The number of rotatable bonds is 4. The lowest BCUT2D eigenvalue weighted by Gasteiger charge is -2.07. The van der Waals surface area contributed by atoms with Crippen molar-refractivity contribution in [1.29, 1.82) is 0 Å². The summed E-state index contributed by atoms with van der Waals surface area (Å²) in [4.78, 5) is 11.2. The number of carbonyl (C=O) groups excluding carboxylic acids is 1. The number of thiocarbonyl (C=S) groups is 1. The summed E-state index contributed by atoms with van der Waals surface area (Å²) >= 11 is 8.42. The van der Waals surface area contributed by atoms with Crippen LogP contribution in [0.1, 0.15) is 19.1 Å². The smallest absolute Gasteiger partial charge is 0.225 e. The maximum absolute atomic E-state index is 11.2. The van der Waals surface area contributed by atoms with Crippen molar-refractivity contribution in [3.63, 3.8) is 0 Å². The zero-order valence-corrected chi connectivity index (χ0v) is 13.9. The van der Waals surface area contributed by atoms with E-state index in [0.29, 0.717) is 18.1 Å². The molecule has 6 heteroatoms. The van der Waals surface area contributed by atoms with Gasteiger partial charge in [-0.25, -0.2) is 0 Å². The fraction of sp³-hybridized carbons (Fsp3) is 0.200. The van der Waals surface area contributed by atoms with Gasteiger partial charge in [-0.15, -0.1) is 0 Å². The first-order valence-corrected chi connectivity index (χ1v) is 7.71. The minimum atomic E-state index is -0.109. The fourth-order valence-electron chi connectivity index (χ4n) is 1.67. The lowest BCUT2D eigenvalue weighted by molar-refractivity contribution is -0.119. The van der Waals surface area contributed by atoms with E-state index < -0.39 is 0 Å². The van der Waals surface area contributed by atoms with Gasteiger partial charge in [0.2, 0.25) is 5.91 Å². The molecular weight excluding hydrogens is 352 g/mol. The topological polar surface area (TPSA) is 54.3 Å².